The number of pyridine rings is 1. The SMILES string of the molecule is C[C@H]1C[C@H](NC(=O)c2cc3c(=O)n4ccccc4nc3n2C)CC(C)(C)C1. The Bertz CT molecular complexity index is 1090. The molecular weight excluding hydrogens is 340 g/mol. The van der Waals surface area contributed by atoms with E-state index in [1.807, 2.05) is 6.07 Å². The summed E-state index contributed by atoms with van der Waals surface area (Å²) in [6, 6.07) is 7.25. The highest BCUT2D eigenvalue weighted by Gasteiger charge is 2.33. The number of aromatic nitrogens is 3. The van der Waals surface area contributed by atoms with Crippen LogP contribution in [0.15, 0.2) is 35.3 Å². The number of carbonyl (C=O) groups excluding carboxylic acids is 1. The molecule has 1 aliphatic carbocycles. The predicted octanol–water partition coefficient (Wildman–Crippen LogP) is 3.13. The number of aryl methyl sites for hydroxylation is 1. The summed E-state index contributed by atoms with van der Waals surface area (Å²) in [6.07, 6.45) is 4.84. The van der Waals surface area contributed by atoms with Crippen LogP contribution in [0.25, 0.3) is 16.7 Å². The molecule has 27 heavy (non-hydrogen) atoms. The molecule has 0 saturated heterocycles. The summed E-state index contributed by atoms with van der Waals surface area (Å²) in [5.41, 5.74) is 1.66. The molecule has 0 radical (unpaired) electrons. The van der Waals surface area contributed by atoms with E-state index in [0.29, 0.717) is 28.3 Å². The molecule has 6 heteroatoms. The molecular formula is C21H26N4O2. The Hall–Kier alpha value is -2.63. The van der Waals surface area contributed by atoms with Crippen molar-refractivity contribution < 1.29 is 4.79 Å². The first-order valence-corrected chi connectivity index (χ1v) is 9.53. The number of hydrogen-bond donors (Lipinski definition) is 1. The average Bonchev–Trinajstić information content (AvgIpc) is 2.91. The van der Waals surface area contributed by atoms with Gasteiger partial charge in [0, 0.05) is 19.3 Å². The lowest BCUT2D eigenvalue weighted by Crippen LogP contribution is -2.43. The summed E-state index contributed by atoms with van der Waals surface area (Å²) in [5.74, 6) is 0.446. The fourth-order valence-electron chi connectivity index (χ4n) is 4.75. The first-order valence-electron chi connectivity index (χ1n) is 9.53. The number of rotatable bonds is 2. The smallest absolute Gasteiger partial charge is 0.268 e. The zero-order valence-electron chi connectivity index (χ0n) is 16.3. The minimum absolute atomic E-state index is 0.140. The maximum absolute atomic E-state index is 13.0. The van der Waals surface area contributed by atoms with Crippen molar-refractivity contribution in [3.8, 4) is 0 Å². The molecule has 6 nitrogen and oxygen atoms in total. The van der Waals surface area contributed by atoms with E-state index in [-0.39, 0.29) is 22.9 Å². The third-order valence-electron chi connectivity index (χ3n) is 5.66. The van der Waals surface area contributed by atoms with Crippen molar-refractivity contribution in [2.24, 2.45) is 18.4 Å². The molecule has 4 rings (SSSR count). The van der Waals surface area contributed by atoms with E-state index >= 15 is 0 Å². The maximum Gasteiger partial charge on any atom is 0.268 e. The highest BCUT2D eigenvalue weighted by Crippen LogP contribution is 2.38. The molecule has 1 N–H and O–H groups in total. The van der Waals surface area contributed by atoms with Crippen LogP contribution in [-0.2, 0) is 7.05 Å². The molecule has 3 heterocycles. The molecule has 3 aromatic rings. The predicted molar refractivity (Wildman–Crippen MR) is 106 cm³/mol. The highest BCUT2D eigenvalue weighted by atomic mass is 16.2. The quantitative estimate of drug-likeness (QED) is 0.758. The van der Waals surface area contributed by atoms with Gasteiger partial charge in [-0.3, -0.25) is 14.0 Å². The standard InChI is InChI=1S/C21H26N4O2/c1-13-9-14(12-21(2,3)11-13)22-19(26)16-10-15-18(24(16)4)23-17-7-5-6-8-25(17)20(15)27/h5-8,10,13-14H,9,11-12H2,1-4H3,(H,22,26)/t13-,14-/m0/s1. The normalized spacial score (nSPS) is 22.2. The molecule has 1 amide bonds. The van der Waals surface area contributed by atoms with E-state index in [2.05, 4.69) is 31.1 Å². The summed E-state index contributed by atoms with van der Waals surface area (Å²) >= 11 is 0. The van der Waals surface area contributed by atoms with Crippen LogP contribution in [0.3, 0.4) is 0 Å². The van der Waals surface area contributed by atoms with Crippen molar-refractivity contribution in [3.05, 3.63) is 46.5 Å². The van der Waals surface area contributed by atoms with Crippen LogP contribution >= 0.6 is 0 Å². The Morgan fingerprint density at radius 1 is 1.30 bits per heavy atom. The van der Waals surface area contributed by atoms with Gasteiger partial charge in [-0.15, -0.1) is 0 Å². The van der Waals surface area contributed by atoms with Crippen molar-refractivity contribution >= 4 is 22.6 Å². The molecule has 1 aliphatic rings. The minimum Gasteiger partial charge on any atom is -0.348 e. The lowest BCUT2D eigenvalue weighted by molar-refractivity contribution is 0.0866. The Balaban J connectivity index is 1.70. The lowest BCUT2D eigenvalue weighted by Gasteiger charge is -2.39. The monoisotopic (exact) mass is 366 g/mol. The van der Waals surface area contributed by atoms with E-state index in [1.54, 1.807) is 36.0 Å². The minimum atomic E-state index is -0.155. The van der Waals surface area contributed by atoms with Crippen molar-refractivity contribution in [3.63, 3.8) is 0 Å². The van der Waals surface area contributed by atoms with Crippen LogP contribution in [0.1, 0.15) is 50.5 Å². The van der Waals surface area contributed by atoms with Crippen LogP contribution in [0.2, 0.25) is 0 Å². The van der Waals surface area contributed by atoms with E-state index < -0.39 is 0 Å². The van der Waals surface area contributed by atoms with Gasteiger partial charge in [0.05, 0.1) is 5.39 Å². The van der Waals surface area contributed by atoms with Crippen molar-refractivity contribution in [2.45, 2.75) is 46.1 Å². The molecule has 0 aromatic carbocycles. The van der Waals surface area contributed by atoms with Gasteiger partial charge in [-0.25, -0.2) is 4.98 Å². The summed E-state index contributed by atoms with van der Waals surface area (Å²) in [4.78, 5) is 30.3. The Labute approximate surface area is 158 Å². The van der Waals surface area contributed by atoms with Gasteiger partial charge >= 0.3 is 0 Å². The van der Waals surface area contributed by atoms with Crippen LogP contribution in [0.5, 0.6) is 0 Å². The number of amides is 1. The number of fused-ring (bicyclic) bond motifs is 2. The zero-order valence-corrected chi connectivity index (χ0v) is 16.3. The Morgan fingerprint density at radius 3 is 2.81 bits per heavy atom. The van der Waals surface area contributed by atoms with Gasteiger partial charge in [-0.05, 0) is 48.8 Å². The largest absolute Gasteiger partial charge is 0.348 e. The topological polar surface area (TPSA) is 68.4 Å². The van der Waals surface area contributed by atoms with Crippen LogP contribution in [0, 0.1) is 11.3 Å². The van der Waals surface area contributed by atoms with Gasteiger partial charge < -0.3 is 9.88 Å². The molecule has 142 valence electrons. The molecule has 0 unspecified atom stereocenters. The number of nitrogens with zero attached hydrogens (tertiary/aromatic N) is 3. The van der Waals surface area contributed by atoms with Crippen molar-refractivity contribution in [1.82, 2.24) is 19.3 Å². The second kappa shape index (κ2) is 6.22. The van der Waals surface area contributed by atoms with E-state index in [4.69, 9.17) is 0 Å². The van der Waals surface area contributed by atoms with E-state index in [9.17, 15) is 9.59 Å². The first-order chi connectivity index (χ1) is 12.7. The third kappa shape index (κ3) is 3.13. The van der Waals surface area contributed by atoms with Crippen LogP contribution < -0.4 is 10.9 Å². The Morgan fingerprint density at radius 2 is 2.07 bits per heavy atom. The van der Waals surface area contributed by atoms with Gasteiger partial charge in [-0.1, -0.05) is 26.8 Å². The van der Waals surface area contributed by atoms with E-state index in [0.717, 1.165) is 12.8 Å². The molecule has 1 saturated carbocycles. The molecule has 0 aliphatic heterocycles. The summed E-state index contributed by atoms with van der Waals surface area (Å²) in [6.45, 7) is 6.76. The second-order valence-electron chi connectivity index (χ2n) is 8.76. The third-order valence-corrected chi connectivity index (χ3v) is 5.66. The molecule has 2 atom stereocenters. The van der Waals surface area contributed by atoms with Gasteiger partial charge in [-0.2, -0.15) is 0 Å². The number of hydrogen-bond acceptors (Lipinski definition) is 3. The summed E-state index contributed by atoms with van der Waals surface area (Å²) in [5, 5.41) is 3.65. The van der Waals surface area contributed by atoms with Gasteiger partial charge in [0.25, 0.3) is 11.5 Å². The highest BCUT2D eigenvalue weighted by molar-refractivity contribution is 5.98. The van der Waals surface area contributed by atoms with Crippen molar-refractivity contribution in [1.29, 1.82) is 0 Å². The van der Waals surface area contributed by atoms with Crippen molar-refractivity contribution in [2.75, 3.05) is 0 Å². The number of carbonyl (C=O) groups is 1. The zero-order chi connectivity index (χ0) is 19.3. The van der Waals surface area contributed by atoms with Gasteiger partial charge in [0.2, 0.25) is 0 Å². The molecule has 0 spiro atoms. The van der Waals surface area contributed by atoms with Gasteiger partial charge in [0.15, 0.2) is 0 Å². The average molecular weight is 366 g/mol. The maximum atomic E-state index is 13.0. The fourth-order valence-corrected chi connectivity index (χ4v) is 4.75. The van der Waals surface area contributed by atoms with E-state index in [1.165, 1.54) is 10.8 Å². The molecule has 1 fully saturated rings. The molecule has 3 aromatic heterocycles. The van der Waals surface area contributed by atoms with Gasteiger partial charge in [0.1, 0.15) is 17.0 Å². The first kappa shape index (κ1) is 17.8. The number of nitrogens with one attached hydrogen (secondary N) is 1. The van der Waals surface area contributed by atoms with Crippen LogP contribution in [-0.4, -0.2) is 25.9 Å². The second-order valence-corrected chi connectivity index (χ2v) is 8.76. The fraction of sp³-hybridized carbons (Fsp3) is 0.476. The molecule has 0 bridgehead atoms. The lowest BCUT2D eigenvalue weighted by atomic mass is 9.70. The summed E-state index contributed by atoms with van der Waals surface area (Å²) in [7, 11) is 1.79. The van der Waals surface area contributed by atoms with Crippen LogP contribution in [0.4, 0.5) is 0 Å². The Kier molecular flexibility index (Phi) is 4.09. The summed E-state index contributed by atoms with van der Waals surface area (Å²) < 4.78 is 3.23.